The van der Waals surface area contributed by atoms with Gasteiger partial charge >= 0.3 is 5.97 Å². The van der Waals surface area contributed by atoms with Crippen molar-refractivity contribution in [3.63, 3.8) is 0 Å². The van der Waals surface area contributed by atoms with Crippen molar-refractivity contribution in [2.75, 3.05) is 0 Å². The van der Waals surface area contributed by atoms with E-state index in [1.54, 1.807) is 12.1 Å². The first-order valence-electron chi connectivity index (χ1n) is 6.59. The van der Waals surface area contributed by atoms with Crippen LogP contribution in [0.4, 0.5) is 4.39 Å². The highest BCUT2D eigenvalue weighted by atomic mass is 35.5. The molecule has 0 aliphatic carbocycles. The van der Waals surface area contributed by atoms with E-state index in [-0.39, 0.29) is 22.2 Å². The number of benzene rings is 2. The maximum absolute atomic E-state index is 13.8. The van der Waals surface area contributed by atoms with Gasteiger partial charge in [-0.15, -0.1) is 0 Å². The monoisotopic (exact) mass is 315 g/mol. The summed E-state index contributed by atoms with van der Waals surface area (Å²) in [6, 6.07) is 11.7. The molecule has 0 spiro atoms. The Balaban J connectivity index is 2.04. The number of halogens is 2. The molecule has 0 atom stereocenters. The Bertz CT molecular complexity index is 807. The molecular weight excluding hydrogens is 305 g/mol. The van der Waals surface area contributed by atoms with Gasteiger partial charge in [0.05, 0.1) is 5.02 Å². The smallest absolute Gasteiger partial charge is 0.363 e. The van der Waals surface area contributed by atoms with Crippen LogP contribution in [0.1, 0.15) is 16.7 Å². The molecule has 0 bridgehead atoms. The van der Waals surface area contributed by atoms with Gasteiger partial charge in [-0.05, 0) is 36.8 Å². The van der Waals surface area contributed by atoms with Crippen LogP contribution in [0.5, 0.6) is 0 Å². The van der Waals surface area contributed by atoms with Gasteiger partial charge in [-0.1, -0.05) is 35.9 Å². The number of cyclic esters (lactones) is 1. The van der Waals surface area contributed by atoms with Crippen LogP contribution in [-0.2, 0) is 9.53 Å². The van der Waals surface area contributed by atoms with Crippen LogP contribution in [0, 0.1) is 12.7 Å². The summed E-state index contributed by atoms with van der Waals surface area (Å²) in [6.45, 7) is 1.89. The molecule has 3 rings (SSSR count). The number of ether oxygens (including phenoxy) is 1. The van der Waals surface area contributed by atoms with Crippen molar-refractivity contribution in [3.8, 4) is 0 Å². The zero-order valence-corrected chi connectivity index (χ0v) is 12.4. The Morgan fingerprint density at radius 2 is 1.95 bits per heavy atom. The summed E-state index contributed by atoms with van der Waals surface area (Å²) < 4.78 is 19.0. The number of hydrogen-bond acceptors (Lipinski definition) is 3. The number of esters is 1. The lowest BCUT2D eigenvalue weighted by Crippen LogP contribution is -2.06. The second-order valence-electron chi connectivity index (χ2n) is 4.79. The Morgan fingerprint density at radius 3 is 2.68 bits per heavy atom. The number of rotatable bonds is 2. The zero-order chi connectivity index (χ0) is 15.7. The van der Waals surface area contributed by atoms with Gasteiger partial charge in [0.15, 0.2) is 5.70 Å². The number of carbonyl (C=O) groups excluding carboxylic acids is 1. The van der Waals surface area contributed by atoms with E-state index < -0.39 is 11.8 Å². The van der Waals surface area contributed by atoms with Gasteiger partial charge in [0.2, 0.25) is 5.90 Å². The number of aryl methyl sites for hydroxylation is 1. The molecule has 0 unspecified atom stereocenters. The van der Waals surface area contributed by atoms with E-state index in [2.05, 4.69) is 4.99 Å². The van der Waals surface area contributed by atoms with Crippen LogP contribution >= 0.6 is 11.6 Å². The predicted octanol–water partition coefficient (Wildman–Crippen LogP) is 4.13. The lowest BCUT2D eigenvalue weighted by atomic mass is 10.1. The lowest BCUT2D eigenvalue weighted by molar-refractivity contribution is -0.129. The number of aliphatic imine (C=N–C) groups is 1. The number of hydrogen-bond donors (Lipinski definition) is 0. The first-order chi connectivity index (χ1) is 10.6. The van der Waals surface area contributed by atoms with Crippen LogP contribution in [0.2, 0.25) is 5.02 Å². The van der Waals surface area contributed by atoms with Crippen molar-refractivity contribution in [2.45, 2.75) is 6.92 Å². The van der Waals surface area contributed by atoms with E-state index in [0.29, 0.717) is 0 Å². The maximum Gasteiger partial charge on any atom is 0.363 e. The van der Waals surface area contributed by atoms with Crippen molar-refractivity contribution in [1.29, 1.82) is 0 Å². The average molecular weight is 316 g/mol. The summed E-state index contributed by atoms with van der Waals surface area (Å²) in [5, 5.41) is 0.208. The highest BCUT2D eigenvalue weighted by Crippen LogP contribution is 2.25. The molecule has 0 radical (unpaired) electrons. The normalized spacial score (nSPS) is 15.9. The Kier molecular flexibility index (Phi) is 3.77. The van der Waals surface area contributed by atoms with Gasteiger partial charge < -0.3 is 4.74 Å². The van der Waals surface area contributed by atoms with Gasteiger partial charge in [0.1, 0.15) is 5.82 Å². The first kappa shape index (κ1) is 14.5. The molecular formula is C17H11ClFNO2. The van der Waals surface area contributed by atoms with Gasteiger partial charge in [-0.2, -0.15) is 0 Å². The van der Waals surface area contributed by atoms with E-state index in [1.165, 1.54) is 18.2 Å². The molecule has 110 valence electrons. The molecule has 0 amide bonds. The fourth-order valence-electron chi connectivity index (χ4n) is 2.12. The second kappa shape index (κ2) is 5.73. The zero-order valence-electron chi connectivity index (χ0n) is 11.6. The average Bonchev–Trinajstić information content (AvgIpc) is 2.84. The molecule has 0 N–H and O–H groups in total. The fraction of sp³-hybridized carbons (Fsp3) is 0.0588. The largest absolute Gasteiger partial charge is 0.402 e. The van der Waals surface area contributed by atoms with Crippen LogP contribution in [0.15, 0.2) is 53.2 Å². The summed E-state index contributed by atoms with van der Waals surface area (Å²) >= 11 is 5.95. The Morgan fingerprint density at radius 1 is 1.18 bits per heavy atom. The van der Waals surface area contributed by atoms with E-state index in [0.717, 1.165) is 11.1 Å². The molecule has 1 aliphatic rings. The van der Waals surface area contributed by atoms with Crippen molar-refractivity contribution in [3.05, 3.63) is 75.7 Å². The molecule has 0 saturated heterocycles. The summed E-state index contributed by atoms with van der Waals surface area (Å²) in [4.78, 5) is 16.1. The topological polar surface area (TPSA) is 38.7 Å². The van der Waals surface area contributed by atoms with Crippen molar-refractivity contribution in [2.24, 2.45) is 4.99 Å². The second-order valence-corrected chi connectivity index (χ2v) is 5.19. The molecule has 1 aliphatic heterocycles. The number of carbonyl (C=O) groups is 1. The summed E-state index contributed by atoms with van der Waals surface area (Å²) in [6.07, 6.45) is 1.30. The molecule has 1 heterocycles. The summed E-state index contributed by atoms with van der Waals surface area (Å²) in [7, 11) is 0. The van der Waals surface area contributed by atoms with Crippen molar-refractivity contribution < 1.29 is 13.9 Å². The third-order valence-corrected chi connectivity index (χ3v) is 3.61. The molecule has 0 aromatic heterocycles. The van der Waals surface area contributed by atoms with Crippen LogP contribution < -0.4 is 0 Å². The number of nitrogens with zero attached hydrogens (tertiary/aromatic N) is 1. The highest BCUT2D eigenvalue weighted by molar-refractivity contribution is 6.32. The third-order valence-electron chi connectivity index (χ3n) is 3.28. The maximum atomic E-state index is 13.8. The van der Waals surface area contributed by atoms with E-state index in [1.807, 2.05) is 25.1 Å². The first-order valence-corrected chi connectivity index (χ1v) is 6.96. The van der Waals surface area contributed by atoms with E-state index in [9.17, 15) is 9.18 Å². The molecule has 2 aromatic carbocycles. The SMILES string of the molecule is Cc1ccccc1C1=N/C(=C\c2c(F)cccc2Cl)C(=O)O1. The minimum absolute atomic E-state index is 0.0188. The van der Waals surface area contributed by atoms with Gasteiger partial charge in [-0.25, -0.2) is 14.2 Å². The van der Waals surface area contributed by atoms with Crippen LogP contribution in [-0.4, -0.2) is 11.9 Å². The Labute approximate surface area is 131 Å². The minimum Gasteiger partial charge on any atom is -0.402 e. The van der Waals surface area contributed by atoms with Gasteiger partial charge in [0.25, 0.3) is 0 Å². The van der Waals surface area contributed by atoms with Gasteiger partial charge in [-0.3, -0.25) is 0 Å². The van der Waals surface area contributed by atoms with Crippen molar-refractivity contribution in [1.82, 2.24) is 0 Å². The molecule has 5 heteroatoms. The summed E-state index contributed by atoms with van der Waals surface area (Å²) in [5.74, 6) is -0.938. The standard InChI is InChI=1S/C17H11ClFNO2/c1-10-5-2-3-6-11(10)16-20-15(17(21)22-16)9-12-13(18)7-4-8-14(12)19/h2-9H,1H3/b15-9-. The lowest BCUT2D eigenvalue weighted by Gasteiger charge is -2.02. The third kappa shape index (κ3) is 2.65. The van der Waals surface area contributed by atoms with E-state index >= 15 is 0 Å². The van der Waals surface area contributed by atoms with Crippen LogP contribution in [0.3, 0.4) is 0 Å². The minimum atomic E-state index is -0.627. The summed E-state index contributed by atoms with van der Waals surface area (Å²) in [5.41, 5.74) is 1.79. The van der Waals surface area contributed by atoms with E-state index in [4.69, 9.17) is 16.3 Å². The fourth-order valence-corrected chi connectivity index (χ4v) is 2.34. The Hall–Kier alpha value is -2.46. The molecule has 3 nitrogen and oxygen atoms in total. The highest BCUT2D eigenvalue weighted by Gasteiger charge is 2.25. The molecule has 22 heavy (non-hydrogen) atoms. The molecule has 2 aromatic rings. The van der Waals surface area contributed by atoms with Gasteiger partial charge in [0, 0.05) is 11.1 Å². The quantitative estimate of drug-likeness (QED) is 0.617. The van der Waals surface area contributed by atoms with Crippen LogP contribution in [0.25, 0.3) is 6.08 Å². The molecule has 0 fully saturated rings. The van der Waals surface area contributed by atoms with Crippen molar-refractivity contribution >= 4 is 29.5 Å². The predicted molar refractivity (Wildman–Crippen MR) is 83.2 cm³/mol. The molecule has 0 saturated carbocycles.